The summed E-state index contributed by atoms with van der Waals surface area (Å²) in [5.41, 5.74) is 1.09. The van der Waals surface area contributed by atoms with Gasteiger partial charge in [0.05, 0.1) is 5.56 Å². The lowest BCUT2D eigenvalue weighted by molar-refractivity contribution is 0.0937. The van der Waals surface area contributed by atoms with Crippen LogP contribution in [-0.2, 0) is 4.74 Å². The van der Waals surface area contributed by atoms with Gasteiger partial charge in [0.2, 0.25) is 0 Å². The van der Waals surface area contributed by atoms with Crippen molar-refractivity contribution in [3.05, 3.63) is 29.6 Å². The molecule has 1 fully saturated rings. The van der Waals surface area contributed by atoms with Crippen molar-refractivity contribution < 1.29 is 14.6 Å². The number of nitrogens with zero attached hydrogens (tertiary/aromatic N) is 1. The highest BCUT2D eigenvalue weighted by atomic mass is 16.5. The predicted octanol–water partition coefficient (Wildman–Crippen LogP) is 0.972. The normalized spacial score (nSPS) is 13.4. The third-order valence-electron chi connectivity index (χ3n) is 3.11. The SMILES string of the molecule is O=C(NCCCOCC1CC1)c1cncc(C#CCO)c1. The fourth-order valence-corrected chi connectivity index (χ4v) is 1.79. The average molecular weight is 288 g/mol. The Hall–Kier alpha value is -1.90. The molecule has 0 spiro atoms. The number of aromatic nitrogens is 1. The summed E-state index contributed by atoms with van der Waals surface area (Å²) >= 11 is 0. The summed E-state index contributed by atoms with van der Waals surface area (Å²) in [5.74, 6) is 5.86. The van der Waals surface area contributed by atoms with Crippen LogP contribution in [0.5, 0.6) is 0 Å². The Morgan fingerprint density at radius 1 is 1.48 bits per heavy atom. The number of carbonyl (C=O) groups is 1. The standard InChI is InChI=1S/C16H20N2O3/c19-7-1-3-14-9-15(11-17-10-14)16(20)18-6-2-8-21-12-13-4-5-13/h9-11,13,19H,2,4-8,12H2,(H,18,20). The lowest BCUT2D eigenvalue weighted by Gasteiger charge is -2.06. The molecule has 1 saturated carbocycles. The van der Waals surface area contributed by atoms with Crippen molar-refractivity contribution in [1.29, 1.82) is 0 Å². The molecule has 1 aliphatic carbocycles. The minimum atomic E-state index is -0.211. The van der Waals surface area contributed by atoms with Crippen LogP contribution in [0.15, 0.2) is 18.5 Å². The van der Waals surface area contributed by atoms with Crippen molar-refractivity contribution in [3.8, 4) is 11.8 Å². The zero-order valence-electron chi connectivity index (χ0n) is 12.0. The Morgan fingerprint density at radius 3 is 3.10 bits per heavy atom. The average Bonchev–Trinajstić information content (AvgIpc) is 3.33. The Balaban J connectivity index is 1.69. The first-order valence-corrected chi connectivity index (χ1v) is 7.20. The van der Waals surface area contributed by atoms with Gasteiger partial charge in [-0.2, -0.15) is 0 Å². The summed E-state index contributed by atoms with van der Waals surface area (Å²) in [6.07, 6.45) is 6.45. The molecule has 0 atom stereocenters. The number of amides is 1. The number of nitrogens with one attached hydrogen (secondary N) is 1. The zero-order valence-corrected chi connectivity index (χ0v) is 12.0. The van der Waals surface area contributed by atoms with Gasteiger partial charge in [-0.25, -0.2) is 0 Å². The molecule has 2 N–H and O–H groups in total. The number of carbonyl (C=O) groups excluding carboxylic acids is 1. The smallest absolute Gasteiger partial charge is 0.252 e. The molecule has 21 heavy (non-hydrogen) atoms. The van der Waals surface area contributed by atoms with Crippen LogP contribution in [0.25, 0.3) is 0 Å². The first-order valence-electron chi connectivity index (χ1n) is 7.20. The summed E-state index contributed by atoms with van der Waals surface area (Å²) in [5, 5.41) is 11.5. The highest BCUT2D eigenvalue weighted by molar-refractivity contribution is 5.94. The van der Waals surface area contributed by atoms with E-state index in [2.05, 4.69) is 22.1 Å². The minimum absolute atomic E-state index is 0.169. The quantitative estimate of drug-likeness (QED) is 0.579. The van der Waals surface area contributed by atoms with Crippen molar-refractivity contribution >= 4 is 5.91 Å². The van der Waals surface area contributed by atoms with Gasteiger partial charge >= 0.3 is 0 Å². The van der Waals surface area contributed by atoms with Crippen LogP contribution in [0.3, 0.4) is 0 Å². The van der Waals surface area contributed by atoms with Gasteiger partial charge in [0.15, 0.2) is 0 Å². The van der Waals surface area contributed by atoms with Crippen LogP contribution < -0.4 is 5.32 Å². The summed E-state index contributed by atoms with van der Waals surface area (Å²) in [6, 6.07) is 1.66. The highest BCUT2D eigenvalue weighted by Crippen LogP contribution is 2.28. The van der Waals surface area contributed by atoms with Crippen LogP contribution in [0.2, 0.25) is 0 Å². The fraction of sp³-hybridized carbons (Fsp3) is 0.500. The van der Waals surface area contributed by atoms with Crippen molar-refractivity contribution in [2.45, 2.75) is 19.3 Å². The summed E-state index contributed by atoms with van der Waals surface area (Å²) in [6.45, 7) is 1.90. The molecule has 0 radical (unpaired) electrons. The second-order valence-corrected chi connectivity index (χ2v) is 5.05. The molecule has 0 aliphatic heterocycles. The van der Waals surface area contributed by atoms with E-state index in [0.29, 0.717) is 24.3 Å². The van der Waals surface area contributed by atoms with Gasteiger partial charge < -0.3 is 15.2 Å². The van der Waals surface area contributed by atoms with E-state index in [-0.39, 0.29) is 12.5 Å². The molecule has 0 aromatic carbocycles. The maximum atomic E-state index is 11.9. The first-order chi connectivity index (χ1) is 10.3. The van der Waals surface area contributed by atoms with Crippen molar-refractivity contribution in [2.24, 2.45) is 5.92 Å². The molecule has 5 nitrogen and oxygen atoms in total. The molecule has 0 bridgehead atoms. The first kappa shape index (κ1) is 15.5. The van der Waals surface area contributed by atoms with E-state index in [0.717, 1.165) is 18.9 Å². The molecule has 1 aromatic rings. The monoisotopic (exact) mass is 288 g/mol. The Bertz CT molecular complexity index is 530. The van der Waals surface area contributed by atoms with Crippen molar-refractivity contribution in [2.75, 3.05) is 26.4 Å². The molecule has 5 heteroatoms. The van der Waals surface area contributed by atoms with E-state index in [4.69, 9.17) is 9.84 Å². The van der Waals surface area contributed by atoms with E-state index >= 15 is 0 Å². The van der Waals surface area contributed by atoms with E-state index in [1.165, 1.54) is 19.0 Å². The molecule has 0 saturated heterocycles. The largest absolute Gasteiger partial charge is 0.384 e. The van der Waals surface area contributed by atoms with Gasteiger partial charge in [0.25, 0.3) is 5.91 Å². The highest BCUT2D eigenvalue weighted by Gasteiger charge is 2.20. The Kier molecular flexibility index (Phi) is 6.20. The number of aliphatic hydroxyl groups excluding tert-OH is 1. The lowest BCUT2D eigenvalue weighted by Crippen LogP contribution is -2.25. The molecule has 0 unspecified atom stereocenters. The molecule has 1 heterocycles. The molecule has 1 amide bonds. The van der Waals surface area contributed by atoms with Gasteiger partial charge in [-0.3, -0.25) is 9.78 Å². The van der Waals surface area contributed by atoms with E-state index < -0.39 is 0 Å². The second kappa shape index (κ2) is 8.40. The van der Waals surface area contributed by atoms with Gasteiger partial charge in [0, 0.05) is 37.7 Å². The Labute approximate surface area is 124 Å². The van der Waals surface area contributed by atoms with Crippen molar-refractivity contribution in [1.82, 2.24) is 10.3 Å². The third-order valence-corrected chi connectivity index (χ3v) is 3.11. The van der Waals surface area contributed by atoms with E-state index in [9.17, 15) is 4.79 Å². The van der Waals surface area contributed by atoms with Crippen LogP contribution >= 0.6 is 0 Å². The van der Waals surface area contributed by atoms with Crippen LogP contribution in [0.4, 0.5) is 0 Å². The molecule has 2 rings (SSSR count). The van der Waals surface area contributed by atoms with Gasteiger partial charge in [-0.05, 0) is 31.2 Å². The number of hydrogen-bond acceptors (Lipinski definition) is 4. The second-order valence-electron chi connectivity index (χ2n) is 5.05. The summed E-state index contributed by atoms with van der Waals surface area (Å²) in [7, 11) is 0. The predicted molar refractivity (Wildman–Crippen MR) is 78.7 cm³/mol. The molecule has 1 aliphatic rings. The number of hydrogen-bond donors (Lipinski definition) is 2. The van der Waals surface area contributed by atoms with Crippen LogP contribution in [0, 0.1) is 17.8 Å². The van der Waals surface area contributed by atoms with Gasteiger partial charge in [-0.1, -0.05) is 11.8 Å². The molecule has 112 valence electrons. The van der Waals surface area contributed by atoms with Gasteiger partial charge in [0.1, 0.15) is 6.61 Å². The minimum Gasteiger partial charge on any atom is -0.384 e. The zero-order chi connectivity index (χ0) is 14.9. The number of aliphatic hydroxyl groups is 1. The maximum absolute atomic E-state index is 11.9. The van der Waals surface area contributed by atoms with Crippen molar-refractivity contribution in [3.63, 3.8) is 0 Å². The Morgan fingerprint density at radius 2 is 2.33 bits per heavy atom. The number of rotatable bonds is 7. The third kappa shape index (κ3) is 5.94. The van der Waals surface area contributed by atoms with Crippen LogP contribution in [-0.4, -0.2) is 42.4 Å². The fourth-order valence-electron chi connectivity index (χ4n) is 1.79. The lowest BCUT2D eigenvalue weighted by atomic mass is 10.2. The molecular weight excluding hydrogens is 268 g/mol. The molecule has 1 aromatic heterocycles. The summed E-state index contributed by atoms with van der Waals surface area (Å²) in [4.78, 5) is 15.9. The van der Waals surface area contributed by atoms with E-state index in [1.807, 2.05) is 0 Å². The topological polar surface area (TPSA) is 71.5 Å². The number of pyridine rings is 1. The van der Waals surface area contributed by atoms with Gasteiger partial charge in [-0.15, -0.1) is 0 Å². The molecular formula is C16H20N2O3. The van der Waals surface area contributed by atoms with Crippen LogP contribution in [0.1, 0.15) is 35.2 Å². The number of ether oxygens (including phenoxy) is 1. The maximum Gasteiger partial charge on any atom is 0.252 e. The summed E-state index contributed by atoms with van der Waals surface area (Å²) < 4.78 is 5.50. The van der Waals surface area contributed by atoms with E-state index in [1.54, 1.807) is 12.3 Å².